The summed E-state index contributed by atoms with van der Waals surface area (Å²) in [5.41, 5.74) is 1.58. The molecule has 0 aliphatic carbocycles. The summed E-state index contributed by atoms with van der Waals surface area (Å²) in [4.78, 5) is 0. The Bertz CT molecular complexity index is 385. The molecule has 0 fully saturated rings. The Morgan fingerprint density at radius 2 is 1.95 bits per heavy atom. The van der Waals surface area contributed by atoms with Gasteiger partial charge in [-0.3, -0.25) is 0 Å². The van der Waals surface area contributed by atoms with Gasteiger partial charge in [0.25, 0.3) is 0 Å². The minimum Gasteiger partial charge on any atom is -0.494 e. The molecule has 1 aromatic carbocycles. The Morgan fingerprint density at radius 3 is 2.53 bits per heavy atom. The Hall–Kier alpha value is -0.540. The number of rotatable bonds is 7. The molecular weight excluding hydrogens is 302 g/mol. The summed E-state index contributed by atoms with van der Waals surface area (Å²) in [6.07, 6.45) is 3.52. The fraction of sp³-hybridized carbons (Fsp3) is 0.625. The van der Waals surface area contributed by atoms with Crippen LogP contribution in [0.3, 0.4) is 0 Å². The molecule has 0 spiro atoms. The van der Waals surface area contributed by atoms with E-state index in [-0.39, 0.29) is 5.54 Å². The first kappa shape index (κ1) is 16.5. The van der Waals surface area contributed by atoms with Crippen molar-refractivity contribution >= 4 is 15.9 Å². The fourth-order valence-corrected chi connectivity index (χ4v) is 2.45. The van der Waals surface area contributed by atoms with E-state index in [1.165, 1.54) is 18.4 Å². The van der Waals surface area contributed by atoms with Crippen LogP contribution in [0, 0.1) is 0 Å². The molecule has 0 aromatic heterocycles. The van der Waals surface area contributed by atoms with Crippen LogP contribution in [0.15, 0.2) is 22.7 Å². The van der Waals surface area contributed by atoms with Gasteiger partial charge in [-0.2, -0.15) is 0 Å². The van der Waals surface area contributed by atoms with E-state index in [1.54, 1.807) is 0 Å². The van der Waals surface area contributed by atoms with E-state index >= 15 is 0 Å². The summed E-state index contributed by atoms with van der Waals surface area (Å²) in [6.45, 7) is 10.4. The highest BCUT2D eigenvalue weighted by atomic mass is 79.9. The summed E-state index contributed by atoms with van der Waals surface area (Å²) < 4.78 is 6.64. The van der Waals surface area contributed by atoms with Gasteiger partial charge in [-0.1, -0.05) is 22.0 Å². The molecule has 0 radical (unpaired) electrons. The maximum Gasteiger partial charge on any atom is 0.120 e. The Labute approximate surface area is 126 Å². The monoisotopic (exact) mass is 327 g/mol. The van der Waals surface area contributed by atoms with Gasteiger partial charge in [0.2, 0.25) is 0 Å². The van der Waals surface area contributed by atoms with Crippen molar-refractivity contribution in [1.82, 2.24) is 5.32 Å². The lowest BCUT2D eigenvalue weighted by Crippen LogP contribution is -2.36. The zero-order valence-corrected chi connectivity index (χ0v) is 14.1. The van der Waals surface area contributed by atoms with Gasteiger partial charge in [0, 0.05) is 10.0 Å². The van der Waals surface area contributed by atoms with Crippen molar-refractivity contribution in [3.8, 4) is 5.75 Å². The van der Waals surface area contributed by atoms with E-state index in [0.717, 1.165) is 23.2 Å². The van der Waals surface area contributed by atoms with E-state index in [0.29, 0.717) is 6.61 Å². The summed E-state index contributed by atoms with van der Waals surface area (Å²) >= 11 is 3.62. The molecule has 1 aromatic rings. The summed E-state index contributed by atoms with van der Waals surface area (Å²) in [7, 11) is 0. The average molecular weight is 328 g/mol. The lowest BCUT2D eigenvalue weighted by molar-refractivity contribution is 0.340. The zero-order chi connectivity index (χ0) is 14.3. The van der Waals surface area contributed by atoms with Crippen LogP contribution in [0.2, 0.25) is 0 Å². The number of nitrogens with one attached hydrogen (secondary N) is 1. The van der Waals surface area contributed by atoms with E-state index in [2.05, 4.69) is 60.2 Å². The standard InChI is InChI=1S/C16H26BrNO/c1-5-19-14-10-9-13(15(17)12-14)8-6-7-11-18-16(2,3)4/h9-10,12,18H,5-8,11H2,1-4H3. The number of unbranched alkanes of at least 4 members (excludes halogenated alkanes) is 1. The molecule has 2 nitrogen and oxygen atoms in total. The Morgan fingerprint density at radius 1 is 1.21 bits per heavy atom. The van der Waals surface area contributed by atoms with Gasteiger partial charge in [0.05, 0.1) is 6.61 Å². The maximum atomic E-state index is 5.48. The van der Waals surface area contributed by atoms with Crippen LogP contribution in [-0.4, -0.2) is 18.7 Å². The molecule has 0 aliphatic rings. The van der Waals surface area contributed by atoms with Crippen molar-refractivity contribution in [2.45, 2.75) is 52.5 Å². The first-order valence-corrected chi connectivity index (χ1v) is 7.88. The van der Waals surface area contributed by atoms with Crippen molar-refractivity contribution in [3.05, 3.63) is 28.2 Å². The van der Waals surface area contributed by atoms with Crippen molar-refractivity contribution in [3.63, 3.8) is 0 Å². The van der Waals surface area contributed by atoms with E-state index in [9.17, 15) is 0 Å². The topological polar surface area (TPSA) is 21.3 Å². The quantitative estimate of drug-likeness (QED) is 0.741. The predicted molar refractivity (Wildman–Crippen MR) is 86.0 cm³/mol. The molecule has 0 saturated heterocycles. The molecule has 0 bridgehead atoms. The lowest BCUT2D eigenvalue weighted by Gasteiger charge is -2.20. The van der Waals surface area contributed by atoms with Gasteiger partial charge in [-0.05, 0) is 71.2 Å². The highest BCUT2D eigenvalue weighted by Gasteiger charge is 2.07. The van der Waals surface area contributed by atoms with E-state index in [4.69, 9.17) is 4.74 Å². The smallest absolute Gasteiger partial charge is 0.120 e. The molecule has 0 amide bonds. The molecule has 0 heterocycles. The highest BCUT2D eigenvalue weighted by Crippen LogP contribution is 2.24. The maximum absolute atomic E-state index is 5.48. The third-order valence-electron chi connectivity index (χ3n) is 2.86. The highest BCUT2D eigenvalue weighted by molar-refractivity contribution is 9.10. The zero-order valence-electron chi connectivity index (χ0n) is 12.6. The van der Waals surface area contributed by atoms with Gasteiger partial charge in [-0.15, -0.1) is 0 Å². The third-order valence-corrected chi connectivity index (χ3v) is 3.60. The van der Waals surface area contributed by atoms with Crippen LogP contribution in [0.1, 0.15) is 46.1 Å². The second-order valence-electron chi connectivity index (χ2n) is 5.82. The molecule has 1 rings (SSSR count). The summed E-state index contributed by atoms with van der Waals surface area (Å²) in [5, 5.41) is 3.52. The number of benzene rings is 1. The Kier molecular flexibility index (Phi) is 6.87. The van der Waals surface area contributed by atoms with Crippen LogP contribution in [-0.2, 0) is 6.42 Å². The van der Waals surface area contributed by atoms with Crippen LogP contribution in [0.5, 0.6) is 5.75 Å². The van der Waals surface area contributed by atoms with Crippen molar-refractivity contribution < 1.29 is 4.74 Å². The molecule has 0 unspecified atom stereocenters. The van der Waals surface area contributed by atoms with Gasteiger partial charge >= 0.3 is 0 Å². The number of aryl methyl sites for hydroxylation is 1. The minimum atomic E-state index is 0.222. The van der Waals surface area contributed by atoms with Gasteiger partial charge in [-0.25, -0.2) is 0 Å². The molecular formula is C16H26BrNO. The average Bonchev–Trinajstić information content (AvgIpc) is 2.30. The number of halogens is 1. The molecule has 0 atom stereocenters. The molecule has 108 valence electrons. The SMILES string of the molecule is CCOc1ccc(CCCCNC(C)(C)C)c(Br)c1. The van der Waals surface area contributed by atoms with Gasteiger partial charge in [0.15, 0.2) is 0 Å². The first-order chi connectivity index (χ1) is 8.92. The van der Waals surface area contributed by atoms with Crippen molar-refractivity contribution in [2.24, 2.45) is 0 Å². The fourth-order valence-electron chi connectivity index (χ4n) is 1.89. The molecule has 0 saturated carbocycles. The second kappa shape index (κ2) is 7.91. The first-order valence-electron chi connectivity index (χ1n) is 7.08. The molecule has 0 aliphatic heterocycles. The van der Waals surface area contributed by atoms with Crippen molar-refractivity contribution in [2.75, 3.05) is 13.2 Å². The molecule has 19 heavy (non-hydrogen) atoms. The van der Waals surface area contributed by atoms with E-state index < -0.39 is 0 Å². The predicted octanol–water partition coefficient (Wildman–Crippen LogP) is 4.56. The largest absolute Gasteiger partial charge is 0.494 e. The summed E-state index contributed by atoms with van der Waals surface area (Å²) in [6, 6.07) is 6.27. The van der Waals surface area contributed by atoms with Crippen molar-refractivity contribution in [1.29, 1.82) is 0 Å². The third kappa shape index (κ3) is 6.98. The minimum absolute atomic E-state index is 0.222. The lowest BCUT2D eigenvalue weighted by atomic mass is 10.1. The second-order valence-corrected chi connectivity index (χ2v) is 6.67. The van der Waals surface area contributed by atoms with Crippen LogP contribution < -0.4 is 10.1 Å². The number of hydrogen-bond donors (Lipinski definition) is 1. The van der Waals surface area contributed by atoms with Crippen LogP contribution >= 0.6 is 15.9 Å². The van der Waals surface area contributed by atoms with Gasteiger partial charge in [0.1, 0.15) is 5.75 Å². The molecule has 1 N–H and O–H groups in total. The molecule has 3 heteroatoms. The van der Waals surface area contributed by atoms with Crippen LogP contribution in [0.4, 0.5) is 0 Å². The van der Waals surface area contributed by atoms with Gasteiger partial charge < -0.3 is 10.1 Å². The number of ether oxygens (including phenoxy) is 1. The normalized spacial score (nSPS) is 11.6. The summed E-state index contributed by atoms with van der Waals surface area (Å²) in [5.74, 6) is 0.938. The Balaban J connectivity index is 2.33. The van der Waals surface area contributed by atoms with Crippen LogP contribution in [0.25, 0.3) is 0 Å². The van der Waals surface area contributed by atoms with E-state index in [1.807, 2.05) is 6.92 Å². The number of hydrogen-bond acceptors (Lipinski definition) is 2.